The van der Waals surface area contributed by atoms with E-state index in [1.54, 1.807) is 12.1 Å². The summed E-state index contributed by atoms with van der Waals surface area (Å²) in [5.74, 6) is 0.136. The molecule has 0 unspecified atom stereocenters. The standard InChI is InChI=1S/C17H19BrN2O4S/c1-5-23-13-8-10(7-12(18)14(13)24-9(2)3)6-11-15(21)19-17(25)20(4)16(11)22/h6-9H,5H2,1-4H3,(H,19,21,25)/b11-6+. The van der Waals surface area contributed by atoms with E-state index in [2.05, 4.69) is 21.2 Å². The molecule has 0 radical (unpaired) electrons. The number of hydrogen-bond donors (Lipinski definition) is 1. The van der Waals surface area contributed by atoms with Gasteiger partial charge in [-0.25, -0.2) is 0 Å². The average molecular weight is 427 g/mol. The molecule has 1 heterocycles. The van der Waals surface area contributed by atoms with E-state index >= 15 is 0 Å². The van der Waals surface area contributed by atoms with Crippen LogP contribution in [0.25, 0.3) is 6.08 Å². The fraction of sp³-hybridized carbons (Fsp3) is 0.353. The smallest absolute Gasteiger partial charge is 0.265 e. The van der Waals surface area contributed by atoms with Crippen LogP contribution in [0.5, 0.6) is 11.5 Å². The topological polar surface area (TPSA) is 67.9 Å². The normalized spacial score (nSPS) is 16.5. The van der Waals surface area contributed by atoms with Crippen molar-refractivity contribution in [3.8, 4) is 11.5 Å². The highest BCUT2D eigenvalue weighted by Gasteiger charge is 2.30. The second-order valence-corrected chi connectivity index (χ2v) is 6.85. The lowest BCUT2D eigenvalue weighted by Crippen LogP contribution is -2.52. The number of benzene rings is 1. The van der Waals surface area contributed by atoms with Crippen molar-refractivity contribution in [3.05, 3.63) is 27.7 Å². The quantitative estimate of drug-likeness (QED) is 0.445. The molecule has 6 nitrogen and oxygen atoms in total. The number of ether oxygens (including phenoxy) is 2. The van der Waals surface area contributed by atoms with Crippen LogP contribution < -0.4 is 14.8 Å². The second kappa shape index (κ2) is 7.97. The molecular formula is C17H19BrN2O4S. The lowest BCUT2D eigenvalue weighted by Gasteiger charge is -2.25. The monoisotopic (exact) mass is 426 g/mol. The molecule has 2 amide bonds. The van der Waals surface area contributed by atoms with Gasteiger partial charge in [-0.1, -0.05) is 0 Å². The number of rotatable bonds is 5. The van der Waals surface area contributed by atoms with Gasteiger partial charge in [0.1, 0.15) is 5.57 Å². The van der Waals surface area contributed by atoms with Gasteiger partial charge in [0, 0.05) is 7.05 Å². The van der Waals surface area contributed by atoms with Crippen LogP contribution in [0.3, 0.4) is 0 Å². The molecule has 0 atom stereocenters. The molecule has 1 N–H and O–H groups in total. The van der Waals surface area contributed by atoms with Crippen LogP contribution in [-0.2, 0) is 9.59 Å². The number of halogens is 1. The van der Waals surface area contributed by atoms with E-state index in [0.29, 0.717) is 28.1 Å². The third-order valence-corrected chi connectivity index (χ3v) is 4.27. The Bertz CT molecular complexity index is 761. The molecule has 0 aromatic heterocycles. The SMILES string of the molecule is CCOc1cc(/C=C2\C(=O)NC(=S)N(C)C2=O)cc(Br)c1OC(C)C. The number of carbonyl (C=O) groups is 2. The van der Waals surface area contributed by atoms with Crippen LogP contribution in [0, 0.1) is 0 Å². The maximum Gasteiger partial charge on any atom is 0.265 e. The summed E-state index contributed by atoms with van der Waals surface area (Å²) in [4.78, 5) is 25.6. The van der Waals surface area contributed by atoms with Crippen LogP contribution in [0.15, 0.2) is 22.2 Å². The fourth-order valence-corrected chi connectivity index (χ4v) is 2.93. The van der Waals surface area contributed by atoms with E-state index in [1.807, 2.05) is 20.8 Å². The van der Waals surface area contributed by atoms with Crippen molar-refractivity contribution in [1.29, 1.82) is 0 Å². The highest BCUT2D eigenvalue weighted by Crippen LogP contribution is 2.38. The molecule has 1 fully saturated rings. The third-order valence-electron chi connectivity index (χ3n) is 3.30. The van der Waals surface area contributed by atoms with E-state index < -0.39 is 11.8 Å². The van der Waals surface area contributed by atoms with Crippen molar-refractivity contribution in [2.75, 3.05) is 13.7 Å². The van der Waals surface area contributed by atoms with Crippen molar-refractivity contribution in [3.63, 3.8) is 0 Å². The zero-order chi connectivity index (χ0) is 18.7. The Morgan fingerprint density at radius 1 is 1.36 bits per heavy atom. The van der Waals surface area contributed by atoms with Crippen molar-refractivity contribution >= 4 is 51.2 Å². The summed E-state index contributed by atoms with van der Waals surface area (Å²) in [7, 11) is 1.51. The first kappa shape index (κ1) is 19.4. The Balaban J connectivity index is 2.47. The number of nitrogens with one attached hydrogen (secondary N) is 1. The summed E-state index contributed by atoms with van der Waals surface area (Å²) in [6, 6.07) is 3.49. The van der Waals surface area contributed by atoms with E-state index in [1.165, 1.54) is 18.0 Å². The van der Waals surface area contributed by atoms with Gasteiger partial charge >= 0.3 is 0 Å². The molecule has 134 valence electrons. The van der Waals surface area contributed by atoms with Crippen LogP contribution in [0.2, 0.25) is 0 Å². The van der Waals surface area contributed by atoms with Gasteiger partial charge < -0.3 is 9.47 Å². The molecule has 1 aliphatic rings. The molecule has 1 aromatic rings. The second-order valence-electron chi connectivity index (χ2n) is 5.61. The van der Waals surface area contributed by atoms with Gasteiger partial charge in [0.2, 0.25) is 0 Å². The van der Waals surface area contributed by atoms with Crippen molar-refractivity contribution in [2.24, 2.45) is 0 Å². The van der Waals surface area contributed by atoms with Gasteiger partial charge in [0.05, 0.1) is 17.2 Å². The molecular weight excluding hydrogens is 408 g/mol. The molecule has 8 heteroatoms. The lowest BCUT2D eigenvalue weighted by molar-refractivity contribution is -0.128. The summed E-state index contributed by atoms with van der Waals surface area (Å²) >= 11 is 8.40. The number of likely N-dealkylation sites (N-methyl/N-ethyl adjacent to an activating group) is 1. The highest BCUT2D eigenvalue weighted by atomic mass is 79.9. The third kappa shape index (κ3) is 4.38. The van der Waals surface area contributed by atoms with Gasteiger partial charge in [-0.05, 0) is 72.7 Å². The molecule has 0 aliphatic carbocycles. The Hall–Kier alpha value is -1.93. The Kier molecular flexibility index (Phi) is 6.18. The Morgan fingerprint density at radius 3 is 2.64 bits per heavy atom. The van der Waals surface area contributed by atoms with Crippen molar-refractivity contribution < 1.29 is 19.1 Å². The predicted molar refractivity (Wildman–Crippen MR) is 103 cm³/mol. The van der Waals surface area contributed by atoms with Gasteiger partial charge in [-0.3, -0.25) is 19.8 Å². The molecule has 1 aromatic carbocycles. The molecule has 2 rings (SSSR count). The summed E-state index contributed by atoms with van der Waals surface area (Å²) in [5, 5.41) is 2.57. The number of hydrogen-bond acceptors (Lipinski definition) is 5. The maximum atomic E-state index is 12.3. The maximum absolute atomic E-state index is 12.3. The zero-order valence-electron chi connectivity index (χ0n) is 14.4. The first-order valence-corrected chi connectivity index (χ1v) is 8.92. The van der Waals surface area contributed by atoms with Gasteiger partial charge in [-0.2, -0.15) is 0 Å². The van der Waals surface area contributed by atoms with Gasteiger partial charge in [0.25, 0.3) is 11.8 Å². The minimum atomic E-state index is -0.523. The minimum Gasteiger partial charge on any atom is -0.490 e. The summed E-state index contributed by atoms with van der Waals surface area (Å²) in [6.07, 6.45) is 1.47. The fourth-order valence-electron chi connectivity index (χ4n) is 2.20. The first-order valence-electron chi connectivity index (χ1n) is 7.72. The summed E-state index contributed by atoms with van der Waals surface area (Å²) in [6.45, 7) is 6.16. The first-order chi connectivity index (χ1) is 11.7. The van der Waals surface area contributed by atoms with Gasteiger partial charge in [0.15, 0.2) is 16.6 Å². The van der Waals surface area contributed by atoms with E-state index in [-0.39, 0.29) is 16.8 Å². The average Bonchev–Trinajstić information content (AvgIpc) is 2.53. The van der Waals surface area contributed by atoms with Crippen LogP contribution in [0.4, 0.5) is 0 Å². The van der Waals surface area contributed by atoms with Crippen LogP contribution in [0.1, 0.15) is 26.3 Å². The minimum absolute atomic E-state index is 0.00276. The Morgan fingerprint density at radius 2 is 2.04 bits per heavy atom. The Labute approximate surface area is 160 Å². The van der Waals surface area contributed by atoms with Gasteiger partial charge in [-0.15, -0.1) is 0 Å². The predicted octanol–water partition coefficient (Wildman–Crippen LogP) is 2.89. The number of thiocarbonyl (C=S) groups is 1. The molecule has 1 saturated heterocycles. The van der Waals surface area contributed by atoms with E-state index in [0.717, 1.165) is 0 Å². The van der Waals surface area contributed by atoms with Crippen LogP contribution >= 0.6 is 28.1 Å². The van der Waals surface area contributed by atoms with Crippen molar-refractivity contribution in [2.45, 2.75) is 26.9 Å². The molecule has 1 aliphatic heterocycles. The zero-order valence-corrected chi connectivity index (χ0v) is 16.8. The van der Waals surface area contributed by atoms with Crippen molar-refractivity contribution in [1.82, 2.24) is 10.2 Å². The number of nitrogens with zero attached hydrogens (tertiary/aromatic N) is 1. The molecule has 25 heavy (non-hydrogen) atoms. The van der Waals surface area contributed by atoms with Crippen LogP contribution in [-0.4, -0.2) is 41.6 Å². The highest BCUT2D eigenvalue weighted by molar-refractivity contribution is 9.10. The van der Waals surface area contributed by atoms with E-state index in [4.69, 9.17) is 21.7 Å². The molecule has 0 spiro atoms. The lowest BCUT2D eigenvalue weighted by atomic mass is 10.1. The molecule has 0 saturated carbocycles. The van der Waals surface area contributed by atoms with E-state index in [9.17, 15) is 9.59 Å². The number of carbonyl (C=O) groups excluding carboxylic acids is 2. The summed E-state index contributed by atoms with van der Waals surface area (Å²) in [5.41, 5.74) is 0.633. The summed E-state index contributed by atoms with van der Waals surface area (Å²) < 4.78 is 12.1. The largest absolute Gasteiger partial charge is 0.490 e. The molecule has 0 bridgehead atoms. The number of amides is 2.